The van der Waals surface area contributed by atoms with Crippen LogP contribution in [-0.4, -0.2) is 43.7 Å². The van der Waals surface area contributed by atoms with Gasteiger partial charge in [-0.25, -0.2) is 0 Å². The third kappa shape index (κ3) is 5.98. The van der Waals surface area contributed by atoms with E-state index in [-0.39, 0.29) is 30.1 Å². The maximum atomic E-state index is 13.0. The Morgan fingerprint density at radius 2 is 1.93 bits per heavy atom. The van der Waals surface area contributed by atoms with E-state index in [0.29, 0.717) is 10.6 Å². The summed E-state index contributed by atoms with van der Waals surface area (Å²) >= 11 is 0. The zero-order valence-electron chi connectivity index (χ0n) is 15.7. The molecule has 28 heavy (non-hydrogen) atoms. The summed E-state index contributed by atoms with van der Waals surface area (Å²) in [5.41, 5.74) is 5.64. The number of amides is 2. The lowest BCUT2D eigenvalue weighted by Gasteiger charge is -2.23. The molecular formula is C19H24F3N3O3. The average Bonchev–Trinajstić information content (AvgIpc) is 3.48. The van der Waals surface area contributed by atoms with Gasteiger partial charge >= 0.3 is 12.1 Å². The molecule has 154 valence electrons. The fourth-order valence-electron chi connectivity index (χ4n) is 2.61. The first-order valence-electron chi connectivity index (χ1n) is 8.89. The highest BCUT2D eigenvalue weighted by Gasteiger charge is 2.42. The molecule has 0 radical (unpaired) electrons. The minimum absolute atomic E-state index is 0.0929. The van der Waals surface area contributed by atoms with Gasteiger partial charge < -0.3 is 20.7 Å². The Bertz CT molecular complexity index is 713. The van der Waals surface area contributed by atoms with Crippen molar-refractivity contribution in [1.82, 2.24) is 5.32 Å². The van der Waals surface area contributed by atoms with E-state index >= 15 is 0 Å². The normalized spacial score (nSPS) is 16.5. The number of nitrogens with two attached hydrogens (primary N) is 1. The van der Waals surface area contributed by atoms with E-state index < -0.39 is 18.1 Å². The lowest BCUT2D eigenvalue weighted by atomic mass is 10.1. The van der Waals surface area contributed by atoms with Crippen LogP contribution in [0, 0.1) is 5.92 Å². The number of carbonyl (C=O) groups excluding carboxylic acids is 2. The third-order valence-electron chi connectivity index (χ3n) is 4.36. The van der Waals surface area contributed by atoms with E-state index in [0.717, 1.165) is 12.8 Å². The summed E-state index contributed by atoms with van der Waals surface area (Å²) in [6.07, 6.45) is -0.0981. The van der Waals surface area contributed by atoms with Crippen LogP contribution in [-0.2, 0) is 9.59 Å². The first-order valence-corrected chi connectivity index (χ1v) is 8.89. The smallest absolute Gasteiger partial charge is 0.471 e. The van der Waals surface area contributed by atoms with Crippen LogP contribution in [0.25, 0.3) is 0 Å². The summed E-state index contributed by atoms with van der Waals surface area (Å²) in [4.78, 5) is 24.3. The van der Waals surface area contributed by atoms with Crippen LogP contribution in [0.5, 0.6) is 5.75 Å². The highest BCUT2D eigenvalue weighted by atomic mass is 19.4. The molecule has 0 saturated heterocycles. The number of hydrogen-bond donors (Lipinski definition) is 2. The molecule has 0 unspecified atom stereocenters. The summed E-state index contributed by atoms with van der Waals surface area (Å²) in [7, 11) is 1.44. The van der Waals surface area contributed by atoms with Crippen molar-refractivity contribution >= 4 is 17.5 Å². The summed E-state index contributed by atoms with van der Waals surface area (Å²) in [5.74, 6) is -1.61. The van der Waals surface area contributed by atoms with E-state index in [1.54, 1.807) is 13.0 Å². The van der Waals surface area contributed by atoms with Gasteiger partial charge in [0.05, 0.1) is 19.2 Å². The van der Waals surface area contributed by atoms with Crippen molar-refractivity contribution in [3.05, 3.63) is 36.4 Å². The number of halogens is 3. The topological polar surface area (TPSA) is 84.7 Å². The Hall–Kier alpha value is -2.55. The zero-order chi connectivity index (χ0) is 20.9. The molecule has 3 N–H and O–H groups in total. The van der Waals surface area contributed by atoms with Gasteiger partial charge in [-0.2, -0.15) is 13.2 Å². The Balaban J connectivity index is 2.15. The molecule has 1 saturated carbocycles. The van der Waals surface area contributed by atoms with Crippen LogP contribution >= 0.6 is 0 Å². The molecule has 1 aromatic rings. The Labute approximate surface area is 161 Å². The van der Waals surface area contributed by atoms with Crippen molar-refractivity contribution in [2.24, 2.45) is 11.7 Å². The van der Waals surface area contributed by atoms with Crippen LogP contribution in [0.15, 0.2) is 36.4 Å². The first kappa shape index (κ1) is 21.7. The van der Waals surface area contributed by atoms with Crippen molar-refractivity contribution in [2.75, 3.05) is 18.6 Å². The van der Waals surface area contributed by atoms with Crippen molar-refractivity contribution in [3.8, 4) is 5.75 Å². The molecule has 9 heteroatoms. The van der Waals surface area contributed by atoms with Crippen LogP contribution in [0.2, 0.25) is 0 Å². The molecule has 0 heterocycles. The molecular weight excluding hydrogens is 375 g/mol. The Morgan fingerprint density at radius 1 is 1.32 bits per heavy atom. The number of alkyl halides is 3. The lowest BCUT2D eigenvalue weighted by molar-refractivity contribution is -0.170. The van der Waals surface area contributed by atoms with Crippen molar-refractivity contribution in [2.45, 2.75) is 38.0 Å². The number of nitrogens with zero attached hydrogens (tertiary/aromatic N) is 1. The molecule has 0 bridgehead atoms. The molecule has 0 aromatic heterocycles. The Morgan fingerprint density at radius 3 is 2.39 bits per heavy atom. The van der Waals surface area contributed by atoms with Gasteiger partial charge in [-0.15, -0.1) is 0 Å². The van der Waals surface area contributed by atoms with Gasteiger partial charge in [0, 0.05) is 12.2 Å². The predicted octanol–water partition coefficient (Wildman–Crippen LogP) is 2.39. The first-order chi connectivity index (χ1) is 13.1. The summed E-state index contributed by atoms with van der Waals surface area (Å²) in [6, 6.07) is 4.71. The lowest BCUT2D eigenvalue weighted by Crippen LogP contribution is -2.44. The van der Waals surface area contributed by atoms with E-state index in [1.807, 2.05) is 0 Å². The molecule has 0 aliphatic heterocycles. The van der Waals surface area contributed by atoms with Gasteiger partial charge in [0.1, 0.15) is 5.75 Å². The molecule has 2 rings (SSSR count). The van der Waals surface area contributed by atoms with Crippen LogP contribution in [0.1, 0.15) is 19.8 Å². The maximum absolute atomic E-state index is 13.0. The number of hydrogen-bond acceptors (Lipinski definition) is 4. The van der Waals surface area contributed by atoms with Gasteiger partial charge in [-0.1, -0.05) is 12.2 Å². The number of carbonyl (C=O) groups is 2. The van der Waals surface area contributed by atoms with Gasteiger partial charge in [-0.05, 0) is 49.9 Å². The average molecular weight is 399 g/mol. The molecule has 6 nitrogen and oxygen atoms in total. The number of methoxy groups -OCH3 is 1. The standard InChI is InChI=1S/C19H24F3N3O3/c1-12(23)17(26)24-16(13-5-6-13)4-3-11-25(18(27)19(20,21)22)14-7-9-15(28-2)10-8-14/h3-4,7-10,12-13,16H,5-6,11,23H2,1-2H3,(H,24,26)/b4-3+/t12-,16+/m0/s1. The molecule has 0 spiro atoms. The van der Waals surface area contributed by atoms with Crippen LogP contribution in [0.4, 0.5) is 18.9 Å². The van der Waals surface area contributed by atoms with Crippen LogP contribution < -0.4 is 20.7 Å². The molecule has 1 fully saturated rings. The number of nitrogens with one attached hydrogen (secondary N) is 1. The number of anilines is 1. The molecule has 2 atom stereocenters. The summed E-state index contributed by atoms with van der Waals surface area (Å²) in [6.45, 7) is 1.26. The second-order valence-electron chi connectivity index (χ2n) is 6.70. The predicted molar refractivity (Wildman–Crippen MR) is 98.8 cm³/mol. The molecule has 1 aliphatic rings. The Kier molecular flexibility index (Phi) is 7.06. The van der Waals surface area contributed by atoms with Gasteiger partial charge in [0.25, 0.3) is 0 Å². The molecule has 2 amide bonds. The van der Waals surface area contributed by atoms with Crippen molar-refractivity contribution < 1.29 is 27.5 Å². The van der Waals surface area contributed by atoms with Gasteiger partial charge in [0.2, 0.25) is 5.91 Å². The van der Waals surface area contributed by atoms with Gasteiger partial charge in [0.15, 0.2) is 0 Å². The zero-order valence-corrected chi connectivity index (χ0v) is 15.7. The minimum atomic E-state index is -5.01. The quantitative estimate of drug-likeness (QED) is 0.658. The molecule has 1 aliphatic carbocycles. The highest BCUT2D eigenvalue weighted by Crippen LogP contribution is 2.33. The minimum Gasteiger partial charge on any atom is -0.497 e. The van der Waals surface area contributed by atoms with E-state index in [2.05, 4.69) is 5.32 Å². The monoisotopic (exact) mass is 399 g/mol. The van der Waals surface area contributed by atoms with E-state index in [1.165, 1.54) is 37.5 Å². The SMILES string of the molecule is COc1ccc(N(C/C=C/[C@@H](NC(=O)[C@H](C)N)C2CC2)C(=O)C(F)(F)F)cc1. The van der Waals surface area contributed by atoms with Gasteiger partial charge in [-0.3, -0.25) is 9.59 Å². The maximum Gasteiger partial charge on any atom is 0.471 e. The number of benzene rings is 1. The fourth-order valence-corrected chi connectivity index (χ4v) is 2.61. The second-order valence-corrected chi connectivity index (χ2v) is 6.70. The third-order valence-corrected chi connectivity index (χ3v) is 4.36. The number of ether oxygens (including phenoxy) is 1. The van der Waals surface area contributed by atoms with E-state index in [4.69, 9.17) is 10.5 Å². The summed E-state index contributed by atoms with van der Waals surface area (Å²) < 4.78 is 44.0. The fraction of sp³-hybridized carbons (Fsp3) is 0.474. The second kappa shape index (κ2) is 9.09. The number of rotatable bonds is 8. The van der Waals surface area contributed by atoms with E-state index in [9.17, 15) is 22.8 Å². The summed E-state index contributed by atoms with van der Waals surface area (Å²) in [5, 5.41) is 2.77. The largest absolute Gasteiger partial charge is 0.497 e. The van der Waals surface area contributed by atoms with Crippen molar-refractivity contribution in [3.63, 3.8) is 0 Å². The highest BCUT2D eigenvalue weighted by molar-refractivity contribution is 5.97. The van der Waals surface area contributed by atoms with Crippen molar-refractivity contribution in [1.29, 1.82) is 0 Å². The molecule has 1 aromatic carbocycles. The van der Waals surface area contributed by atoms with Crippen LogP contribution in [0.3, 0.4) is 0 Å².